The van der Waals surface area contributed by atoms with Crippen molar-refractivity contribution in [3.05, 3.63) is 74.5 Å². The number of nitrogens with zero attached hydrogens (tertiary/aromatic N) is 1. The molecule has 3 rings (SSSR count). The molecule has 3 aromatic rings. The molecule has 0 radical (unpaired) electrons. The SMILES string of the molecule is O=c1cc(-c2ccc(F)cc2Cl)c(-c2ccc(F)cc2Cl)n[nH]1. The first-order valence-electron chi connectivity index (χ1n) is 6.46. The van der Waals surface area contributed by atoms with Crippen LogP contribution in [0.5, 0.6) is 0 Å². The normalized spacial score (nSPS) is 10.8. The fourth-order valence-corrected chi connectivity index (χ4v) is 2.73. The van der Waals surface area contributed by atoms with Gasteiger partial charge in [-0.2, -0.15) is 5.10 Å². The number of halogens is 4. The summed E-state index contributed by atoms with van der Waals surface area (Å²) in [5.41, 5.74) is 1.06. The zero-order valence-electron chi connectivity index (χ0n) is 11.4. The maximum atomic E-state index is 13.2. The van der Waals surface area contributed by atoms with Crippen LogP contribution in [0.3, 0.4) is 0 Å². The van der Waals surface area contributed by atoms with Crippen LogP contribution in [-0.2, 0) is 0 Å². The number of H-pyrrole nitrogens is 1. The number of aromatic amines is 1. The third-order valence-electron chi connectivity index (χ3n) is 3.22. The van der Waals surface area contributed by atoms with Crippen molar-refractivity contribution in [2.75, 3.05) is 0 Å². The molecule has 1 heterocycles. The van der Waals surface area contributed by atoms with Crippen molar-refractivity contribution < 1.29 is 8.78 Å². The second kappa shape index (κ2) is 6.10. The van der Waals surface area contributed by atoms with Crippen LogP contribution in [0.1, 0.15) is 0 Å². The van der Waals surface area contributed by atoms with E-state index in [-0.39, 0.29) is 10.0 Å². The third kappa shape index (κ3) is 3.11. The first-order chi connectivity index (χ1) is 11.0. The molecule has 0 aliphatic rings. The average molecular weight is 353 g/mol. The number of benzene rings is 2. The zero-order valence-corrected chi connectivity index (χ0v) is 12.9. The summed E-state index contributed by atoms with van der Waals surface area (Å²) in [5.74, 6) is -0.998. The van der Waals surface area contributed by atoms with Crippen LogP contribution in [0, 0.1) is 11.6 Å². The van der Waals surface area contributed by atoms with E-state index in [1.165, 1.54) is 30.3 Å². The minimum absolute atomic E-state index is 0.122. The van der Waals surface area contributed by atoms with E-state index < -0.39 is 17.2 Å². The van der Waals surface area contributed by atoms with E-state index in [0.717, 1.165) is 12.1 Å². The van der Waals surface area contributed by atoms with Gasteiger partial charge in [-0.25, -0.2) is 13.9 Å². The Morgan fingerprint density at radius 1 is 0.826 bits per heavy atom. The molecule has 0 saturated carbocycles. The molecule has 2 aromatic carbocycles. The highest BCUT2D eigenvalue weighted by molar-refractivity contribution is 6.34. The predicted molar refractivity (Wildman–Crippen MR) is 85.7 cm³/mol. The Bertz CT molecular complexity index is 957. The minimum Gasteiger partial charge on any atom is -0.268 e. The molecule has 0 unspecified atom stereocenters. The van der Waals surface area contributed by atoms with Crippen molar-refractivity contribution in [2.24, 2.45) is 0 Å². The van der Waals surface area contributed by atoms with E-state index in [0.29, 0.717) is 22.4 Å². The monoisotopic (exact) mass is 352 g/mol. The van der Waals surface area contributed by atoms with Crippen LogP contribution in [0.15, 0.2) is 47.3 Å². The van der Waals surface area contributed by atoms with Crippen LogP contribution >= 0.6 is 23.2 Å². The molecule has 0 atom stereocenters. The Morgan fingerprint density at radius 3 is 1.96 bits per heavy atom. The molecule has 0 saturated heterocycles. The van der Waals surface area contributed by atoms with Gasteiger partial charge >= 0.3 is 0 Å². The van der Waals surface area contributed by atoms with Gasteiger partial charge in [0.05, 0.1) is 10.0 Å². The Labute approximate surface area is 139 Å². The van der Waals surface area contributed by atoms with E-state index in [1.807, 2.05) is 0 Å². The molecule has 1 aromatic heterocycles. The summed E-state index contributed by atoms with van der Waals surface area (Å²) in [7, 11) is 0. The Kier molecular flexibility index (Phi) is 4.15. The van der Waals surface area contributed by atoms with Gasteiger partial charge in [0.25, 0.3) is 5.56 Å². The predicted octanol–water partition coefficient (Wildman–Crippen LogP) is 4.69. The summed E-state index contributed by atoms with van der Waals surface area (Å²) < 4.78 is 26.5. The lowest BCUT2D eigenvalue weighted by molar-refractivity contribution is 0.627. The zero-order chi connectivity index (χ0) is 16.6. The van der Waals surface area contributed by atoms with Crippen molar-refractivity contribution in [3.63, 3.8) is 0 Å². The van der Waals surface area contributed by atoms with Gasteiger partial charge in [-0.3, -0.25) is 4.79 Å². The van der Waals surface area contributed by atoms with Gasteiger partial charge in [0, 0.05) is 22.8 Å². The second-order valence-electron chi connectivity index (χ2n) is 4.74. The standard InChI is InChI=1S/C16H8Cl2F2N2O/c17-13-5-8(19)1-3-10(13)12-7-15(23)21-22-16(12)11-4-2-9(20)6-14(11)18/h1-7H,(H,21,23). The van der Waals surface area contributed by atoms with Gasteiger partial charge in [-0.15, -0.1) is 0 Å². The quantitative estimate of drug-likeness (QED) is 0.727. The summed E-state index contributed by atoms with van der Waals surface area (Å²) in [6, 6.07) is 8.88. The van der Waals surface area contributed by atoms with Crippen LogP contribution < -0.4 is 5.56 Å². The Balaban J connectivity index is 2.29. The summed E-state index contributed by atoms with van der Waals surface area (Å²) in [4.78, 5) is 11.6. The van der Waals surface area contributed by atoms with Crippen molar-refractivity contribution in [3.8, 4) is 22.4 Å². The molecular weight excluding hydrogens is 345 g/mol. The van der Waals surface area contributed by atoms with Crippen LogP contribution in [0.25, 0.3) is 22.4 Å². The van der Waals surface area contributed by atoms with Crippen molar-refractivity contribution in [1.29, 1.82) is 0 Å². The lowest BCUT2D eigenvalue weighted by Crippen LogP contribution is -2.09. The fraction of sp³-hybridized carbons (Fsp3) is 0. The third-order valence-corrected chi connectivity index (χ3v) is 3.84. The van der Waals surface area contributed by atoms with Gasteiger partial charge in [0.15, 0.2) is 0 Å². The van der Waals surface area contributed by atoms with E-state index >= 15 is 0 Å². The largest absolute Gasteiger partial charge is 0.268 e. The van der Waals surface area contributed by atoms with E-state index in [2.05, 4.69) is 10.2 Å². The van der Waals surface area contributed by atoms with E-state index in [4.69, 9.17) is 23.2 Å². The lowest BCUT2D eigenvalue weighted by Gasteiger charge is -2.11. The van der Waals surface area contributed by atoms with Gasteiger partial charge in [0.1, 0.15) is 17.3 Å². The smallest absolute Gasteiger partial charge is 0.264 e. The molecule has 23 heavy (non-hydrogen) atoms. The number of rotatable bonds is 2. The molecule has 7 heteroatoms. The first kappa shape index (κ1) is 15.6. The maximum Gasteiger partial charge on any atom is 0.264 e. The Hall–Kier alpha value is -2.24. The second-order valence-corrected chi connectivity index (χ2v) is 5.56. The van der Waals surface area contributed by atoms with E-state index in [1.54, 1.807) is 0 Å². The fourth-order valence-electron chi connectivity index (χ4n) is 2.20. The van der Waals surface area contributed by atoms with Gasteiger partial charge in [0.2, 0.25) is 0 Å². The van der Waals surface area contributed by atoms with Crippen LogP contribution in [0.4, 0.5) is 8.78 Å². The van der Waals surface area contributed by atoms with Crippen molar-refractivity contribution in [2.45, 2.75) is 0 Å². The molecule has 0 aliphatic carbocycles. The van der Waals surface area contributed by atoms with Crippen molar-refractivity contribution in [1.82, 2.24) is 10.2 Å². The number of hydrogen-bond donors (Lipinski definition) is 1. The first-order valence-corrected chi connectivity index (χ1v) is 7.22. The van der Waals surface area contributed by atoms with E-state index in [9.17, 15) is 13.6 Å². The number of nitrogens with one attached hydrogen (secondary N) is 1. The highest BCUT2D eigenvalue weighted by Crippen LogP contribution is 2.36. The van der Waals surface area contributed by atoms with Gasteiger partial charge in [-0.05, 0) is 36.4 Å². The molecule has 3 nitrogen and oxygen atoms in total. The topological polar surface area (TPSA) is 45.8 Å². The van der Waals surface area contributed by atoms with Crippen LogP contribution in [0.2, 0.25) is 10.0 Å². The molecule has 0 amide bonds. The molecule has 0 fully saturated rings. The Morgan fingerprint density at radius 2 is 1.39 bits per heavy atom. The van der Waals surface area contributed by atoms with Gasteiger partial charge < -0.3 is 0 Å². The summed E-state index contributed by atoms with van der Waals surface area (Å²) >= 11 is 12.1. The maximum absolute atomic E-state index is 13.2. The van der Waals surface area contributed by atoms with Crippen molar-refractivity contribution >= 4 is 23.2 Å². The summed E-state index contributed by atoms with van der Waals surface area (Å²) in [6.45, 7) is 0. The average Bonchev–Trinajstić information content (AvgIpc) is 2.48. The molecule has 0 spiro atoms. The highest BCUT2D eigenvalue weighted by Gasteiger charge is 2.16. The minimum atomic E-state index is -0.502. The van der Waals surface area contributed by atoms with Gasteiger partial charge in [-0.1, -0.05) is 23.2 Å². The molecule has 116 valence electrons. The molecule has 1 N–H and O–H groups in total. The van der Waals surface area contributed by atoms with Crippen LogP contribution in [-0.4, -0.2) is 10.2 Å². The molecule has 0 aliphatic heterocycles. The number of hydrogen-bond acceptors (Lipinski definition) is 2. The molecular formula is C16H8Cl2F2N2O. The number of aromatic nitrogens is 2. The lowest BCUT2D eigenvalue weighted by atomic mass is 10.00. The molecule has 0 bridgehead atoms. The summed E-state index contributed by atoms with van der Waals surface area (Å²) in [6.07, 6.45) is 0. The highest BCUT2D eigenvalue weighted by atomic mass is 35.5. The summed E-state index contributed by atoms with van der Waals surface area (Å²) in [5, 5.41) is 6.54.